The maximum atomic E-state index is 12.4. The Kier molecular flexibility index (Phi) is 5.53. The Morgan fingerprint density at radius 1 is 0.966 bits per heavy atom. The zero-order chi connectivity index (χ0) is 20.2. The van der Waals surface area contributed by atoms with Crippen molar-refractivity contribution in [2.75, 3.05) is 10.6 Å². The quantitative estimate of drug-likeness (QED) is 0.588. The third kappa shape index (κ3) is 4.78. The van der Waals surface area contributed by atoms with E-state index in [4.69, 9.17) is 0 Å². The predicted octanol–water partition coefficient (Wildman–Crippen LogP) is 4.47. The molecule has 4 rings (SSSR count). The summed E-state index contributed by atoms with van der Waals surface area (Å²) in [5, 5.41) is 9.12. The highest BCUT2D eigenvalue weighted by atomic mass is 32.2. The summed E-state index contributed by atoms with van der Waals surface area (Å²) in [5.74, 6) is -0.109. The van der Waals surface area contributed by atoms with Crippen LogP contribution < -0.4 is 16.0 Å². The highest BCUT2D eigenvalue weighted by Gasteiger charge is 2.22. The van der Waals surface area contributed by atoms with E-state index >= 15 is 0 Å². The van der Waals surface area contributed by atoms with E-state index in [1.807, 2.05) is 66.7 Å². The van der Waals surface area contributed by atoms with E-state index in [9.17, 15) is 9.59 Å². The number of hydrogen-bond donors (Lipinski definition) is 3. The lowest BCUT2D eigenvalue weighted by atomic mass is 10.0. The number of fused-ring (bicyclic) bond motifs is 1. The van der Waals surface area contributed by atoms with Gasteiger partial charge in [0.2, 0.25) is 11.8 Å². The summed E-state index contributed by atoms with van der Waals surface area (Å²) in [6.45, 7) is 1.51. The van der Waals surface area contributed by atoms with E-state index in [2.05, 4.69) is 22.0 Å². The molecule has 0 bridgehead atoms. The summed E-state index contributed by atoms with van der Waals surface area (Å²) in [6.07, 6.45) is 0.344. The van der Waals surface area contributed by atoms with Crippen molar-refractivity contribution in [3.63, 3.8) is 0 Å². The minimum Gasteiger partial charge on any atom is -0.356 e. The molecule has 1 aliphatic heterocycles. The van der Waals surface area contributed by atoms with Crippen LogP contribution in [0.15, 0.2) is 77.7 Å². The van der Waals surface area contributed by atoms with E-state index in [-0.39, 0.29) is 17.3 Å². The Labute approximate surface area is 173 Å². The molecule has 1 heterocycles. The van der Waals surface area contributed by atoms with Crippen LogP contribution in [0.2, 0.25) is 0 Å². The van der Waals surface area contributed by atoms with Gasteiger partial charge in [-0.15, -0.1) is 0 Å². The fourth-order valence-electron chi connectivity index (χ4n) is 3.23. The number of carbonyl (C=O) groups is 2. The van der Waals surface area contributed by atoms with Gasteiger partial charge in [0.25, 0.3) is 0 Å². The first-order valence-electron chi connectivity index (χ1n) is 9.35. The van der Waals surface area contributed by atoms with Crippen molar-refractivity contribution < 1.29 is 9.59 Å². The van der Waals surface area contributed by atoms with E-state index in [0.29, 0.717) is 6.42 Å². The Morgan fingerprint density at radius 2 is 1.76 bits per heavy atom. The number of amides is 2. The van der Waals surface area contributed by atoms with Gasteiger partial charge in [0.15, 0.2) is 5.50 Å². The minimum absolute atomic E-state index is 0.0415. The molecule has 0 saturated heterocycles. The maximum Gasteiger partial charge on any atom is 0.228 e. The van der Waals surface area contributed by atoms with Crippen molar-refractivity contribution in [2.45, 2.75) is 23.7 Å². The predicted molar refractivity (Wildman–Crippen MR) is 118 cm³/mol. The van der Waals surface area contributed by atoms with Gasteiger partial charge in [0.05, 0.1) is 12.1 Å². The van der Waals surface area contributed by atoms with Gasteiger partial charge in [0, 0.05) is 17.5 Å². The average Bonchev–Trinajstić information content (AvgIpc) is 3.09. The SMILES string of the molecule is CC(=O)NC1Nc2ccc(-c3cccc(NC(=O)Cc4ccccc4)c3)cc2S1. The molecular weight excluding hydrogens is 382 g/mol. The van der Waals surface area contributed by atoms with Crippen LogP contribution in [0.1, 0.15) is 12.5 Å². The van der Waals surface area contributed by atoms with Crippen LogP contribution in [0.5, 0.6) is 0 Å². The lowest BCUT2D eigenvalue weighted by Crippen LogP contribution is -2.33. The van der Waals surface area contributed by atoms with Gasteiger partial charge in [-0.05, 0) is 41.0 Å². The second-order valence-electron chi connectivity index (χ2n) is 6.85. The van der Waals surface area contributed by atoms with Gasteiger partial charge >= 0.3 is 0 Å². The lowest BCUT2D eigenvalue weighted by Gasteiger charge is -2.10. The monoisotopic (exact) mass is 403 g/mol. The second kappa shape index (κ2) is 8.41. The molecule has 0 saturated carbocycles. The number of anilines is 2. The van der Waals surface area contributed by atoms with Crippen LogP contribution in [0.3, 0.4) is 0 Å². The van der Waals surface area contributed by atoms with Crippen molar-refractivity contribution in [1.82, 2.24) is 5.32 Å². The zero-order valence-corrected chi connectivity index (χ0v) is 16.8. The van der Waals surface area contributed by atoms with Crippen LogP contribution in [0.25, 0.3) is 11.1 Å². The number of carbonyl (C=O) groups excluding carboxylic acids is 2. The number of hydrogen-bond acceptors (Lipinski definition) is 4. The van der Waals surface area contributed by atoms with Crippen molar-refractivity contribution in [1.29, 1.82) is 0 Å². The number of rotatable bonds is 5. The van der Waals surface area contributed by atoms with Crippen molar-refractivity contribution in [2.24, 2.45) is 0 Å². The Hall–Kier alpha value is -3.25. The van der Waals surface area contributed by atoms with Crippen LogP contribution >= 0.6 is 11.8 Å². The summed E-state index contributed by atoms with van der Waals surface area (Å²) in [7, 11) is 0. The van der Waals surface area contributed by atoms with Crippen LogP contribution in [0.4, 0.5) is 11.4 Å². The molecule has 146 valence electrons. The molecule has 0 aromatic heterocycles. The zero-order valence-electron chi connectivity index (χ0n) is 15.9. The fourth-order valence-corrected chi connectivity index (χ4v) is 4.34. The van der Waals surface area contributed by atoms with Gasteiger partial charge in [-0.1, -0.05) is 60.3 Å². The van der Waals surface area contributed by atoms with Crippen LogP contribution in [0, 0.1) is 0 Å². The average molecular weight is 404 g/mol. The first kappa shape index (κ1) is 19.1. The maximum absolute atomic E-state index is 12.4. The van der Waals surface area contributed by atoms with Gasteiger partial charge in [-0.2, -0.15) is 0 Å². The molecule has 0 spiro atoms. The van der Waals surface area contributed by atoms with Crippen molar-refractivity contribution in [3.05, 3.63) is 78.4 Å². The number of thioether (sulfide) groups is 1. The van der Waals surface area contributed by atoms with Gasteiger partial charge < -0.3 is 16.0 Å². The molecule has 0 aliphatic carbocycles. The first-order chi connectivity index (χ1) is 14.1. The third-order valence-electron chi connectivity index (χ3n) is 4.53. The number of benzene rings is 3. The molecule has 3 aromatic carbocycles. The summed E-state index contributed by atoms with van der Waals surface area (Å²) >= 11 is 1.58. The molecule has 29 heavy (non-hydrogen) atoms. The van der Waals surface area contributed by atoms with Crippen LogP contribution in [-0.4, -0.2) is 17.3 Å². The van der Waals surface area contributed by atoms with Crippen molar-refractivity contribution >= 4 is 35.0 Å². The Morgan fingerprint density at radius 3 is 2.55 bits per heavy atom. The fraction of sp³-hybridized carbons (Fsp3) is 0.130. The largest absolute Gasteiger partial charge is 0.356 e. The van der Waals surface area contributed by atoms with Gasteiger partial charge in [-0.25, -0.2) is 0 Å². The van der Waals surface area contributed by atoms with E-state index in [0.717, 1.165) is 33.0 Å². The third-order valence-corrected chi connectivity index (χ3v) is 5.60. The van der Waals surface area contributed by atoms with E-state index in [1.165, 1.54) is 6.92 Å². The lowest BCUT2D eigenvalue weighted by molar-refractivity contribution is -0.119. The Bertz CT molecular complexity index is 1050. The summed E-state index contributed by atoms with van der Waals surface area (Å²) in [4.78, 5) is 24.7. The van der Waals surface area contributed by atoms with Crippen LogP contribution in [-0.2, 0) is 16.0 Å². The number of nitrogens with one attached hydrogen (secondary N) is 3. The molecule has 2 amide bonds. The highest BCUT2D eigenvalue weighted by molar-refractivity contribution is 8.00. The topological polar surface area (TPSA) is 70.2 Å². The first-order valence-corrected chi connectivity index (χ1v) is 10.2. The molecule has 0 fully saturated rings. The summed E-state index contributed by atoms with van der Waals surface area (Å²) in [5.41, 5.74) is 4.68. The van der Waals surface area contributed by atoms with Gasteiger partial charge in [-0.3, -0.25) is 9.59 Å². The summed E-state index contributed by atoms with van der Waals surface area (Å²) in [6, 6.07) is 23.7. The highest BCUT2D eigenvalue weighted by Crippen LogP contribution is 2.40. The van der Waals surface area contributed by atoms with E-state index < -0.39 is 0 Å². The molecule has 1 unspecified atom stereocenters. The molecule has 3 N–H and O–H groups in total. The smallest absolute Gasteiger partial charge is 0.228 e. The second-order valence-corrected chi connectivity index (χ2v) is 7.99. The normalized spacial score (nSPS) is 14.6. The molecule has 0 radical (unpaired) electrons. The van der Waals surface area contributed by atoms with Crippen molar-refractivity contribution in [3.8, 4) is 11.1 Å². The molecule has 3 aromatic rings. The van der Waals surface area contributed by atoms with Gasteiger partial charge in [0.1, 0.15) is 0 Å². The standard InChI is InChI=1S/C23H21N3O2S/c1-15(27)24-23-26-20-11-10-18(14-21(20)29-23)17-8-5-9-19(13-17)25-22(28)12-16-6-3-2-4-7-16/h2-11,13-14,23,26H,12H2,1H3,(H,24,27)(H,25,28). The molecule has 6 heteroatoms. The molecule has 1 atom stereocenters. The minimum atomic E-state index is -0.152. The molecular formula is C23H21N3O2S. The summed E-state index contributed by atoms with van der Waals surface area (Å²) < 4.78 is 0. The Balaban J connectivity index is 1.47. The molecule has 5 nitrogen and oxygen atoms in total. The van der Waals surface area contributed by atoms with E-state index in [1.54, 1.807) is 11.8 Å². The molecule has 1 aliphatic rings.